The zero-order valence-electron chi connectivity index (χ0n) is 10.5. The van der Waals surface area contributed by atoms with E-state index in [1.807, 2.05) is 18.2 Å². The van der Waals surface area contributed by atoms with E-state index >= 15 is 0 Å². The second-order valence-electron chi connectivity index (χ2n) is 4.80. The molecule has 1 heterocycles. The molecule has 0 aliphatic carbocycles. The molecule has 1 saturated heterocycles. The summed E-state index contributed by atoms with van der Waals surface area (Å²) >= 11 is 1.76. The zero-order chi connectivity index (χ0) is 12.8. The molecule has 1 aromatic rings. The maximum Gasteiger partial charge on any atom is 0.240 e. The number of carbonyl (C=O) groups excluding carboxylic acids is 1. The van der Waals surface area contributed by atoms with Gasteiger partial charge < -0.3 is 11.1 Å². The van der Waals surface area contributed by atoms with Crippen LogP contribution in [0.2, 0.25) is 0 Å². The van der Waals surface area contributed by atoms with Crippen molar-refractivity contribution in [2.75, 3.05) is 18.1 Å². The second-order valence-corrected chi connectivity index (χ2v) is 5.91. The highest BCUT2D eigenvalue weighted by Crippen LogP contribution is 2.25. The number of amides is 1. The fourth-order valence-electron chi connectivity index (χ4n) is 2.07. The van der Waals surface area contributed by atoms with Crippen molar-refractivity contribution in [2.45, 2.75) is 24.8 Å². The molecule has 4 heteroatoms. The first-order chi connectivity index (χ1) is 8.71. The standard InChI is InChI=1S/C14H20N2OS/c15-14(8-10-18-11-14)13(17)16-9-4-7-12-5-2-1-3-6-12/h1-3,5-6H,4,7-11,15H2,(H,16,17). The zero-order valence-corrected chi connectivity index (χ0v) is 11.3. The lowest BCUT2D eigenvalue weighted by atomic mass is 9.99. The maximum absolute atomic E-state index is 11.9. The fourth-order valence-corrected chi connectivity index (χ4v) is 3.37. The van der Waals surface area contributed by atoms with Gasteiger partial charge in [0.15, 0.2) is 0 Å². The number of nitrogens with two attached hydrogens (primary N) is 1. The highest BCUT2D eigenvalue weighted by atomic mass is 32.2. The van der Waals surface area contributed by atoms with Crippen LogP contribution in [0.15, 0.2) is 30.3 Å². The summed E-state index contributed by atoms with van der Waals surface area (Å²) in [5, 5.41) is 2.96. The number of rotatable bonds is 5. The van der Waals surface area contributed by atoms with Crippen LogP contribution in [0.3, 0.4) is 0 Å². The quantitative estimate of drug-likeness (QED) is 0.794. The lowest BCUT2D eigenvalue weighted by molar-refractivity contribution is -0.125. The van der Waals surface area contributed by atoms with Crippen molar-refractivity contribution in [1.82, 2.24) is 5.32 Å². The van der Waals surface area contributed by atoms with E-state index in [9.17, 15) is 4.79 Å². The summed E-state index contributed by atoms with van der Waals surface area (Å²) in [7, 11) is 0. The molecule has 3 nitrogen and oxygen atoms in total. The number of nitrogens with one attached hydrogen (secondary N) is 1. The van der Waals surface area contributed by atoms with Crippen molar-refractivity contribution in [3.05, 3.63) is 35.9 Å². The summed E-state index contributed by atoms with van der Waals surface area (Å²) in [4.78, 5) is 11.9. The minimum Gasteiger partial charge on any atom is -0.354 e. The molecular weight excluding hydrogens is 244 g/mol. The first-order valence-corrected chi connectivity index (χ1v) is 7.55. The van der Waals surface area contributed by atoms with Crippen LogP contribution >= 0.6 is 11.8 Å². The van der Waals surface area contributed by atoms with Crippen molar-refractivity contribution in [2.24, 2.45) is 5.73 Å². The third-order valence-electron chi connectivity index (χ3n) is 3.27. The molecule has 1 atom stereocenters. The molecule has 1 aliphatic heterocycles. The number of hydrogen-bond acceptors (Lipinski definition) is 3. The lowest BCUT2D eigenvalue weighted by Gasteiger charge is -2.21. The van der Waals surface area contributed by atoms with Gasteiger partial charge in [-0.15, -0.1) is 0 Å². The third kappa shape index (κ3) is 3.50. The van der Waals surface area contributed by atoms with Crippen LogP contribution in [0.25, 0.3) is 0 Å². The Morgan fingerprint density at radius 3 is 2.83 bits per heavy atom. The normalized spacial score (nSPS) is 22.9. The summed E-state index contributed by atoms with van der Waals surface area (Å²) in [6.07, 6.45) is 2.74. The van der Waals surface area contributed by atoms with Crippen LogP contribution in [0.5, 0.6) is 0 Å². The summed E-state index contributed by atoms with van der Waals surface area (Å²) in [6.45, 7) is 0.706. The van der Waals surface area contributed by atoms with Crippen LogP contribution in [-0.2, 0) is 11.2 Å². The Labute approximate surface area is 113 Å². The Morgan fingerprint density at radius 2 is 2.17 bits per heavy atom. The molecule has 3 N–H and O–H groups in total. The van der Waals surface area contributed by atoms with Gasteiger partial charge in [0.2, 0.25) is 5.91 Å². The van der Waals surface area contributed by atoms with Gasteiger partial charge in [0.1, 0.15) is 5.54 Å². The van der Waals surface area contributed by atoms with E-state index < -0.39 is 5.54 Å². The Kier molecular flexibility index (Phi) is 4.66. The van der Waals surface area contributed by atoms with Crippen LogP contribution in [0.4, 0.5) is 0 Å². The van der Waals surface area contributed by atoms with Crippen molar-refractivity contribution in [3.63, 3.8) is 0 Å². The molecular formula is C14H20N2OS. The highest BCUT2D eigenvalue weighted by molar-refractivity contribution is 7.99. The molecule has 0 saturated carbocycles. The number of hydrogen-bond donors (Lipinski definition) is 2. The summed E-state index contributed by atoms with van der Waals surface area (Å²) < 4.78 is 0. The molecule has 18 heavy (non-hydrogen) atoms. The van der Waals surface area contributed by atoms with E-state index in [1.165, 1.54) is 5.56 Å². The van der Waals surface area contributed by atoms with Gasteiger partial charge in [0.05, 0.1) is 0 Å². The van der Waals surface area contributed by atoms with Crippen LogP contribution < -0.4 is 11.1 Å². The van der Waals surface area contributed by atoms with Crippen molar-refractivity contribution < 1.29 is 4.79 Å². The fraction of sp³-hybridized carbons (Fsp3) is 0.500. The monoisotopic (exact) mass is 264 g/mol. The number of thioether (sulfide) groups is 1. The largest absolute Gasteiger partial charge is 0.354 e. The Hall–Kier alpha value is -1.00. The maximum atomic E-state index is 11.9. The first kappa shape index (κ1) is 13.4. The van der Waals surface area contributed by atoms with Crippen LogP contribution in [0, 0.1) is 0 Å². The van der Waals surface area contributed by atoms with Crippen molar-refractivity contribution >= 4 is 17.7 Å². The molecule has 0 bridgehead atoms. The average molecular weight is 264 g/mol. The average Bonchev–Trinajstić information content (AvgIpc) is 2.84. The van der Waals surface area contributed by atoms with Gasteiger partial charge in [-0.05, 0) is 30.6 Å². The van der Waals surface area contributed by atoms with Gasteiger partial charge in [-0.2, -0.15) is 11.8 Å². The third-order valence-corrected chi connectivity index (χ3v) is 4.49. The van der Waals surface area contributed by atoms with Gasteiger partial charge in [-0.25, -0.2) is 0 Å². The summed E-state index contributed by atoms with van der Waals surface area (Å²) in [5.74, 6) is 1.76. The smallest absolute Gasteiger partial charge is 0.240 e. The van der Waals surface area contributed by atoms with Gasteiger partial charge >= 0.3 is 0 Å². The van der Waals surface area contributed by atoms with Gasteiger partial charge in [-0.1, -0.05) is 30.3 Å². The minimum absolute atomic E-state index is 0.0144. The molecule has 1 unspecified atom stereocenters. The first-order valence-electron chi connectivity index (χ1n) is 6.40. The van der Waals surface area contributed by atoms with E-state index in [1.54, 1.807) is 11.8 Å². The van der Waals surface area contributed by atoms with E-state index in [2.05, 4.69) is 17.4 Å². The lowest BCUT2D eigenvalue weighted by Crippen LogP contribution is -2.54. The molecule has 2 rings (SSSR count). The Balaban J connectivity index is 1.68. The van der Waals surface area contributed by atoms with Gasteiger partial charge in [-0.3, -0.25) is 4.79 Å². The van der Waals surface area contributed by atoms with Gasteiger partial charge in [0, 0.05) is 12.3 Å². The van der Waals surface area contributed by atoms with E-state index in [-0.39, 0.29) is 5.91 Å². The molecule has 0 radical (unpaired) electrons. The SMILES string of the molecule is NC1(C(=O)NCCCc2ccccc2)CCSC1. The minimum atomic E-state index is -0.628. The summed E-state index contributed by atoms with van der Waals surface area (Å²) in [5.41, 5.74) is 6.75. The van der Waals surface area contributed by atoms with E-state index in [0.29, 0.717) is 6.54 Å². The Morgan fingerprint density at radius 1 is 1.39 bits per heavy atom. The second kappa shape index (κ2) is 6.25. The molecule has 98 valence electrons. The predicted octanol–water partition coefficient (Wildman–Crippen LogP) is 1.57. The molecule has 1 aliphatic rings. The van der Waals surface area contributed by atoms with E-state index in [0.717, 1.165) is 30.8 Å². The number of aryl methyl sites for hydroxylation is 1. The van der Waals surface area contributed by atoms with Gasteiger partial charge in [0.25, 0.3) is 0 Å². The van der Waals surface area contributed by atoms with E-state index in [4.69, 9.17) is 5.73 Å². The Bertz CT molecular complexity index is 388. The highest BCUT2D eigenvalue weighted by Gasteiger charge is 2.37. The molecule has 1 fully saturated rings. The molecule has 1 aromatic carbocycles. The molecule has 0 spiro atoms. The molecule has 0 aromatic heterocycles. The van der Waals surface area contributed by atoms with Crippen LogP contribution in [0.1, 0.15) is 18.4 Å². The number of carbonyl (C=O) groups is 1. The van der Waals surface area contributed by atoms with Crippen molar-refractivity contribution in [1.29, 1.82) is 0 Å². The predicted molar refractivity (Wildman–Crippen MR) is 76.6 cm³/mol. The topological polar surface area (TPSA) is 55.1 Å². The van der Waals surface area contributed by atoms with Crippen molar-refractivity contribution in [3.8, 4) is 0 Å². The number of benzene rings is 1. The van der Waals surface area contributed by atoms with Crippen LogP contribution in [-0.4, -0.2) is 29.5 Å². The molecule has 1 amide bonds. The summed E-state index contributed by atoms with van der Waals surface area (Å²) in [6, 6.07) is 10.3.